The number of benzene rings is 2. The fraction of sp³-hybridized carbons (Fsp3) is 0.235. The quantitative estimate of drug-likeness (QED) is 0.881. The third kappa shape index (κ3) is 2.74. The molecule has 2 aliphatic rings. The van der Waals surface area contributed by atoms with Gasteiger partial charge in [0.1, 0.15) is 17.4 Å². The Kier molecular flexibility index (Phi) is 3.81. The molecule has 0 saturated heterocycles. The molecule has 23 heavy (non-hydrogen) atoms. The van der Waals surface area contributed by atoms with Crippen LogP contribution in [-0.2, 0) is 12.1 Å². The number of thioether (sulfide) groups is 1. The van der Waals surface area contributed by atoms with E-state index in [0.29, 0.717) is 22.4 Å². The molecule has 4 rings (SSSR count). The minimum absolute atomic E-state index is 0.0195. The molecule has 1 aliphatic heterocycles. The van der Waals surface area contributed by atoms with Gasteiger partial charge in [0.25, 0.3) is 0 Å². The predicted molar refractivity (Wildman–Crippen MR) is 94.8 cm³/mol. The van der Waals surface area contributed by atoms with Crippen LogP contribution in [0.2, 0.25) is 10.0 Å². The van der Waals surface area contributed by atoms with Gasteiger partial charge in [-0.05, 0) is 42.3 Å². The summed E-state index contributed by atoms with van der Waals surface area (Å²) in [5, 5.41) is 13.0. The maximum absolute atomic E-state index is 11.0. The molecule has 1 aliphatic carbocycles. The monoisotopic (exact) mass is 365 g/mol. The highest BCUT2D eigenvalue weighted by molar-refractivity contribution is 8.14. The number of rotatable bonds is 3. The van der Waals surface area contributed by atoms with Gasteiger partial charge in [0.05, 0.1) is 5.25 Å². The summed E-state index contributed by atoms with van der Waals surface area (Å²) in [5.41, 5.74) is 0.741. The van der Waals surface area contributed by atoms with Gasteiger partial charge in [-0.15, -0.1) is 0 Å². The lowest BCUT2D eigenvalue weighted by atomic mass is 10.1. The maximum Gasteiger partial charge on any atom is 0.196 e. The van der Waals surface area contributed by atoms with Crippen molar-refractivity contribution in [3.8, 4) is 5.75 Å². The SMILES string of the molecule is OC12N=C(COc3cccc(Cl)c3)SC1Cc1cc(Cl)ccc12. The minimum atomic E-state index is -1.17. The second-order valence-electron chi connectivity index (χ2n) is 5.59. The standard InChI is InChI=1S/C17H13Cl2NO2S/c18-11-2-1-3-13(8-11)22-9-16-20-17(21)14-5-4-12(19)6-10(14)7-15(17)23-16/h1-6,8,15,21H,7,9H2. The second kappa shape index (κ2) is 5.71. The summed E-state index contributed by atoms with van der Waals surface area (Å²) in [4.78, 5) is 4.52. The van der Waals surface area contributed by atoms with E-state index in [2.05, 4.69) is 4.99 Å². The van der Waals surface area contributed by atoms with Crippen molar-refractivity contribution in [2.45, 2.75) is 17.4 Å². The zero-order valence-electron chi connectivity index (χ0n) is 12.0. The van der Waals surface area contributed by atoms with E-state index in [1.165, 1.54) is 0 Å². The van der Waals surface area contributed by atoms with Crippen molar-refractivity contribution in [3.05, 3.63) is 63.6 Å². The highest BCUT2D eigenvalue weighted by atomic mass is 35.5. The number of aliphatic imine (C=N–C) groups is 1. The van der Waals surface area contributed by atoms with Gasteiger partial charge < -0.3 is 9.84 Å². The highest BCUT2D eigenvalue weighted by Gasteiger charge is 2.50. The zero-order valence-corrected chi connectivity index (χ0v) is 14.3. The Morgan fingerprint density at radius 2 is 2.04 bits per heavy atom. The van der Waals surface area contributed by atoms with Crippen LogP contribution in [0.1, 0.15) is 11.1 Å². The van der Waals surface area contributed by atoms with Crippen LogP contribution in [0.3, 0.4) is 0 Å². The first-order valence-electron chi connectivity index (χ1n) is 7.19. The van der Waals surface area contributed by atoms with E-state index >= 15 is 0 Å². The van der Waals surface area contributed by atoms with E-state index in [1.807, 2.05) is 24.3 Å². The van der Waals surface area contributed by atoms with Gasteiger partial charge >= 0.3 is 0 Å². The topological polar surface area (TPSA) is 41.8 Å². The fourth-order valence-electron chi connectivity index (χ4n) is 3.01. The van der Waals surface area contributed by atoms with Crippen molar-refractivity contribution in [1.29, 1.82) is 0 Å². The van der Waals surface area contributed by atoms with E-state index in [-0.39, 0.29) is 5.25 Å². The number of halogens is 2. The lowest BCUT2D eigenvalue weighted by Gasteiger charge is -2.19. The summed E-state index contributed by atoms with van der Waals surface area (Å²) in [6.07, 6.45) is 0.751. The molecule has 2 atom stereocenters. The number of hydrogen-bond acceptors (Lipinski definition) is 4. The summed E-state index contributed by atoms with van der Waals surface area (Å²) in [6, 6.07) is 12.8. The van der Waals surface area contributed by atoms with Crippen molar-refractivity contribution in [1.82, 2.24) is 0 Å². The molecular formula is C17H13Cl2NO2S. The maximum atomic E-state index is 11.0. The molecule has 0 spiro atoms. The first kappa shape index (κ1) is 15.3. The molecule has 1 N–H and O–H groups in total. The van der Waals surface area contributed by atoms with Crippen LogP contribution in [0.4, 0.5) is 0 Å². The van der Waals surface area contributed by atoms with Crippen LogP contribution in [-0.4, -0.2) is 22.0 Å². The Morgan fingerprint density at radius 1 is 1.22 bits per heavy atom. The van der Waals surface area contributed by atoms with Crippen molar-refractivity contribution in [2.75, 3.05) is 6.61 Å². The lowest BCUT2D eigenvalue weighted by Crippen LogP contribution is -2.27. The van der Waals surface area contributed by atoms with Gasteiger partial charge in [-0.1, -0.05) is 47.1 Å². The largest absolute Gasteiger partial charge is 0.487 e. The van der Waals surface area contributed by atoms with Gasteiger partial charge in [0.2, 0.25) is 0 Å². The smallest absolute Gasteiger partial charge is 0.196 e. The Bertz CT molecular complexity index is 811. The Balaban J connectivity index is 1.54. The summed E-state index contributed by atoms with van der Waals surface area (Å²) in [6.45, 7) is 0.326. The van der Waals surface area contributed by atoms with Crippen molar-refractivity contribution in [2.24, 2.45) is 4.99 Å². The van der Waals surface area contributed by atoms with Gasteiger partial charge in [-0.3, -0.25) is 0 Å². The van der Waals surface area contributed by atoms with E-state index in [1.54, 1.807) is 30.0 Å². The molecule has 0 saturated carbocycles. The van der Waals surface area contributed by atoms with Crippen LogP contribution in [0.15, 0.2) is 47.5 Å². The summed E-state index contributed by atoms with van der Waals surface area (Å²) >= 11 is 13.5. The van der Waals surface area contributed by atoms with Crippen LogP contribution in [0.5, 0.6) is 5.75 Å². The number of hydrogen-bond donors (Lipinski definition) is 1. The highest BCUT2D eigenvalue weighted by Crippen LogP contribution is 2.49. The van der Waals surface area contributed by atoms with E-state index in [9.17, 15) is 5.11 Å². The number of fused-ring (bicyclic) bond motifs is 3. The van der Waals surface area contributed by atoms with Gasteiger partial charge in [-0.25, -0.2) is 4.99 Å². The lowest BCUT2D eigenvalue weighted by molar-refractivity contribution is 0.0577. The molecule has 0 fully saturated rings. The van der Waals surface area contributed by atoms with Crippen LogP contribution in [0, 0.1) is 0 Å². The number of aliphatic hydroxyl groups is 1. The normalized spacial score (nSPS) is 25.0. The van der Waals surface area contributed by atoms with Crippen molar-refractivity contribution >= 4 is 40.0 Å². The van der Waals surface area contributed by atoms with E-state index in [0.717, 1.165) is 22.6 Å². The molecule has 118 valence electrons. The average Bonchev–Trinajstić information content (AvgIpc) is 2.95. The molecule has 2 aromatic carbocycles. The number of nitrogens with zero attached hydrogens (tertiary/aromatic N) is 1. The second-order valence-corrected chi connectivity index (χ2v) is 7.74. The minimum Gasteiger partial charge on any atom is -0.487 e. The third-order valence-electron chi connectivity index (χ3n) is 4.05. The molecule has 0 amide bonds. The van der Waals surface area contributed by atoms with E-state index in [4.69, 9.17) is 27.9 Å². The summed E-state index contributed by atoms with van der Waals surface area (Å²) in [7, 11) is 0. The molecule has 2 aromatic rings. The zero-order chi connectivity index (χ0) is 16.0. The Labute approximate surface area is 148 Å². The Hall–Kier alpha value is -1.20. The predicted octanol–water partition coefficient (Wildman–Crippen LogP) is 4.29. The van der Waals surface area contributed by atoms with Gasteiger partial charge in [-0.2, -0.15) is 0 Å². The van der Waals surface area contributed by atoms with Crippen molar-refractivity contribution < 1.29 is 9.84 Å². The van der Waals surface area contributed by atoms with Gasteiger partial charge in [0.15, 0.2) is 5.72 Å². The van der Waals surface area contributed by atoms with Crippen molar-refractivity contribution in [3.63, 3.8) is 0 Å². The summed E-state index contributed by atoms with van der Waals surface area (Å²) < 4.78 is 5.72. The summed E-state index contributed by atoms with van der Waals surface area (Å²) in [5.74, 6) is 0.692. The number of ether oxygens (including phenoxy) is 1. The molecule has 0 bridgehead atoms. The fourth-order valence-corrected chi connectivity index (χ4v) is 4.64. The molecule has 1 heterocycles. The molecule has 6 heteroatoms. The molecule has 2 unspecified atom stereocenters. The van der Waals surface area contributed by atoms with Crippen LogP contribution >= 0.6 is 35.0 Å². The molecule has 0 radical (unpaired) electrons. The first-order valence-corrected chi connectivity index (χ1v) is 8.83. The first-order chi connectivity index (χ1) is 11.0. The molecule has 3 nitrogen and oxygen atoms in total. The average molecular weight is 366 g/mol. The van der Waals surface area contributed by atoms with Crippen LogP contribution in [0.25, 0.3) is 0 Å². The third-order valence-corrected chi connectivity index (χ3v) is 5.78. The van der Waals surface area contributed by atoms with Crippen LogP contribution < -0.4 is 4.74 Å². The molecular weight excluding hydrogens is 353 g/mol. The van der Waals surface area contributed by atoms with Gasteiger partial charge in [0, 0.05) is 15.6 Å². The van der Waals surface area contributed by atoms with E-state index < -0.39 is 5.72 Å². The molecule has 0 aromatic heterocycles. The Morgan fingerprint density at radius 3 is 2.87 bits per heavy atom.